The van der Waals surface area contributed by atoms with Gasteiger partial charge in [0, 0.05) is 13.2 Å². The van der Waals surface area contributed by atoms with Gasteiger partial charge in [-0.2, -0.15) is 5.10 Å². The summed E-state index contributed by atoms with van der Waals surface area (Å²) in [7, 11) is 1.70. The van der Waals surface area contributed by atoms with E-state index in [-0.39, 0.29) is 0 Å². The van der Waals surface area contributed by atoms with Crippen LogP contribution in [0.25, 0.3) is 0 Å². The van der Waals surface area contributed by atoms with Crippen LogP contribution in [0.4, 0.5) is 10.5 Å². The minimum atomic E-state index is -1.33. The molecular weight excluding hydrogens is 228 g/mol. The van der Waals surface area contributed by atoms with Gasteiger partial charge in [-0.15, -0.1) is 0 Å². The van der Waals surface area contributed by atoms with Crippen molar-refractivity contribution in [1.29, 1.82) is 0 Å². The number of carbonyl (C=O) groups excluding carboxylic acids is 1. The SMILES string of the molecule is Cc1nn(C)cc1NC(=O)N[C@@H](CO)C(=O)O. The number of hydrogen-bond donors (Lipinski definition) is 4. The molecule has 0 fully saturated rings. The Labute approximate surface area is 97.2 Å². The molecule has 0 saturated heterocycles. The summed E-state index contributed by atoms with van der Waals surface area (Å²) in [6.07, 6.45) is 1.59. The van der Waals surface area contributed by atoms with Crippen molar-refractivity contribution in [3.05, 3.63) is 11.9 Å². The predicted molar refractivity (Wildman–Crippen MR) is 58.6 cm³/mol. The Morgan fingerprint density at radius 2 is 2.24 bits per heavy atom. The fourth-order valence-electron chi connectivity index (χ4n) is 1.22. The van der Waals surface area contributed by atoms with Crippen molar-refractivity contribution in [3.8, 4) is 0 Å². The molecule has 1 aromatic rings. The molecule has 0 spiro atoms. The van der Waals surface area contributed by atoms with E-state index in [0.29, 0.717) is 11.4 Å². The molecule has 0 saturated carbocycles. The Morgan fingerprint density at radius 1 is 1.59 bits per heavy atom. The van der Waals surface area contributed by atoms with Gasteiger partial charge in [-0.25, -0.2) is 9.59 Å². The second-order valence-electron chi connectivity index (χ2n) is 3.47. The minimum absolute atomic E-state index is 0.479. The van der Waals surface area contributed by atoms with E-state index in [1.54, 1.807) is 20.2 Å². The lowest BCUT2D eigenvalue weighted by Gasteiger charge is -2.11. The number of carboxylic acids is 1. The standard InChI is InChI=1S/C9H14N4O4/c1-5-6(3-13(2)12-5)10-9(17)11-7(4-14)8(15)16/h3,7,14H,4H2,1-2H3,(H,15,16)(H2,10,11,17)/t7-/m0/s1. The molecular formula is C9H14N4O4. The number of hydrogen-bond acceptors (Lipinski definition) is 4. The Bertz CT molecular complexity index is 429. The van der Waals surface area contributed by atoms with Crippen LogP contribution < -0.4 is 10.6 Å². The molecule has 1 heterocycles. The summed E-state index contributed by atoms with van der Waals surface area (Å²) in [5, 5.41) is 25.9. The Hall–Kier alpha value is -2.09. The average Bonchev–Trinajstić information content (AvgIpc) is 2.53. The Kier molecular flexibility index (Phi) is 4.05. The van der Waals surface area contributed by atoms with Gasteiger partial charge < -0.3 is 20.8 Å². The quantitative estimate of drug-likeness (QED) is 0.557. The zero-order valence-corrected chi connectivity index (χ0v) is 9.47. The van der Waals surface area contributed by atoms with Crippen molar-refractivity contribution in [1.82, 2.24) is 15.1 Å². The number of nitrogens with one attached hydrogen (secondary N) is 2. The molecule has 8 nitrogen and oxygen atoms in total. The zero-order chi connectivity index (χ0) is 13.0. The van der Waals surface area contributed by atoms with E-state index in [1.165, 1.54) is 4.68 Å². The number of anilines is 1. The first kappa shape index (κ1) is 13.0. The molecule has 17 heavy (non-hydrogen) atoms. The zero-order valence-electron chi connectivity index (χ0n) is 9.47. The van der Waals surface area contributed by atoms with E-state index in [2.05, 4.69) is 15.7 Å². The van der Waals surface area contributed by atoms with Crippen LogP contribution in [0.1, 0.15) is 5.69 Å². The summed E-state index contributed by atoms with van der Waals surface area (Å²) >= 11 is 0. The lowest BCUT2D eigenvalue weighted by Crippen LogP contribution is -2.45. The molecule has 1 aromatic heterocycles. The first-order valence-corrected chi connectivity index (χ1v) is 4.85. The molecule has 2 amide bonds. The lowest BCUT2D eigenvalue weighted by atomic mass is 10.3. The first-order chi connectivity index (χ1) is 7.93. The van der Waals surface area contributed by atoms with Gasteiger partial charge >= 0.3 is 12.0 Å². The molecule has 1 rings (SSSR count). The van der Waals surface area contributed by atoms with Crippen molar-refractivity contribution < 1.29 is 19.8 Å². The number of aliphatic hydroxyl groups is 1. The highest BCUT2D eigenvalue weighted by molar-refractivity contribution is 5.92. The van der Waals surface area contributed by atoms with Crippen LogP contribution in [-0.4, -0.2) is 44.6 Å². The van der Waals surface area contributed by atoms with Crippen LogP contribution >= 0.6 is 0 Å². The summed E-state index contributed by atoms with van der Waals surface area (Å²) in [4.78, 5) is 22.0. The number of urea groups is 1. The van der Waals surface area contributed by atoms with Gasteiger partial charge in [0.15, 0.2) is 6.04 Å². The van der Waals surface area contributed by atoms with Crippen LogP contribution in [0.3, 0.4) is 0 Å². The molecule has 1 atom stereocenters. The third kappa shape index (κ3) is 3.45. The molecule has 0 bridgehead atoms. The second-order valence-corrected chi connectivity index (χ2v) is 3.47. The first-order valence-electron chi connectivity index (χ1n) is 4.85. The molecule has 0 aliphatic heterocycles. The number of nitrogens with zero attached hydrogens (tertiary/aromatic N) is 2. The van der Waals surface area contributed by atoms with Crippen molar-refractivity contribution in [2.45, 2.75) is 13.0 Å². The number of carbonyl (C=O) groups is 2. The minimum Gasteiger partial charge on any atom is -0.480 e. The highest BCUT2D eigenvalue weighted by atomic mass is 16.4. The molecule has 8 heteroatoms. The second kappa shape index (κ2) is 5.30. The van der Waals surface area contributed by atoms with Gasteiger partial charge in [0.2, 0.25) is 0 Å². The number of amides is 2. The third-order valence-corrected chi connectivity index (χ3v) is 2.05. The summed E-state index contributed by atoms with van der Waals surface area (Å²) < 4.78 is 1.52. The number of rotatable bonds is 4. The predicted octanol–water partition coefficient (Wildman–Crippen LogP) is -0.704. The summed E-state index contributed by atoms with van der Waals surface area (Å²) in [6, 6.07) is -2.03. The van der Waals surface area contributed by atoms with Crippen molar-refractivity contribution in [2.75, 3.05) is 11.9 Å². The highest BCUT2D eigenvalue weighted by Crippen LogP contribution is 2.10. The third-order valence-electron chi connectivity index (χ3n) is 2.05. The maximum Gasteiger partial charge on any atom is 0.328 e. The number of aliphatic carboxylic acids is 1. The van der Waals surface area contributed by atoms with Gasteiger partial charge in [-0.05, 0) is 6.92 Å². The lowest BCUT2D eigenvalue weighted by molar-refractivity contribution is -0.140. The summed E-state index contributed by atoms with van der Waals surface area (Å²) in [6.45, 7) is 1.03. The van der Waals surface area contributed by atoms with Crippen LogP contribution in [0.2, 0.25) is 0 Å². The summed E-state index contributed by atoms with van der Waals surface area (Å²) in [5.74, 6) is -1.30. The van der Waals surface area contributed by atoms with Gasteiger partial charge in [0.25, 0.3) is 0 Å². The van der Waals surface area contributed by atoms with E-state index in [0.717, 1.165) is 0 Å². The number of aryl methyl sites for hydroxylation is 2. The topological polar surface area (TPSA) is 116 Å². The molecule has 0 aliphatic carbocycles. The van der Waals surface area contributed by atoms with Gasteiger partial charge in [0.05, 0.1) is 18.0 Å². The maximum absolute atomic E-state index is 11.4. The van der Waals surface area contributed by atoms with E-state index < -0.39 is 24.6 Å². The monoisotopic (exact) mass is 242 g/mol. The molecule has 0 aromatic carbocycles. The normalized spacial score (nSPS) is 11.9. The van der Waals surface area contributed by atoms with Crippen LogP contribution in [0.15, 0.2) is 6.20 Å². The fourth-order valence-corrected chi connectivity index (χ4v) is 1.22. The molecule has 0 aliphatic rings. The van der Waals surface area contributed by atoms with E-state index >= 15 is 0 Å². The average molecular weight is 242 g/mol. The van der Waals surface area contributed by atoms with E-state index in [9.17, 15) is 9.59 Å². The molecule has 0 radical (unpaired) electrons. The van der Waals surface area contributed by atoms with E-state index in [1.807, 2.05) is 0 Å². The van der Waals surface area contributed by atoms with Crippen LogP contribution in [-0.2, 0) is 11.8 Å². The smallest absolute Gasteiger partial charge is 0.328 e. The van der Waals surface area contributed by atoms with Gasteiger partial charge in [-0.1, -0.05) is 0 Å². The van der Waals surface area contributed by atoms with Gasteiger partial charge in [-0.3, -0.25) is 4.68 Å². The van der Waals surface area contributed by atoms with Gasteiger partial charge in [0.1, 0.15) is 0 Å². The van der Waals surface area contributed by atoms with E-state index in [4.69, 9.17) is 10.2 Å². The van der Waals surface area contributed by atoms with Crippen molar-refractivity contribution in [3.63, 3.8) is 0 Å². The number of aliphatic hydroxyl groups excluding tert-OH is 1. The Balaban J connectivity index is 2.61. The van der Waals surface area contributed by atoms with Crippen LogP contribution in [0.5, 0.6) is 0 Å². The van der Waals surface area contributed by atoms with Crippen molar-refractivity contribution >= 4 is 17.7 Å². The largest absolute Gasteiger partial charge is 0.480 e. The molecule has 94 valence electrons. The number of carboxylic acid groups (broad SMARTS) is 1. The fraction of sp³-hybridized carbons (Fsp3) is 0.444. The summed E-state index contributed by atoms with van der Waals surface area (Å²) in [5.41, 5.74) is 1.09. The number of aromatic nitrogens is 2. The highest BCUT2D eigenvalue weighted by Gasteiger charge is 2.19. The maximum atomic E-state index is 11.4. The molecule has 4 N–H and O–H groups in total. The Morgan fingerprint density at radius 3 is 2.65 bits per heavy atom. The van der Waals surface area contributed by atoms with Crippen molar-refractivity contribution in [2.24, 2.45) is 7.05 Å². The molecule has 0 unspecified atom stereocenters. The van der Waals surface area contributed by atoms with Crippen LogP contribution in [0, 0.1) is 6.92 Å².